The number of carboxylic acid groups (broad SMARTS) is 1. The average molecular weight is 286 g/mol. The second-order valence-corrected chi connectivity index (χ2v) is 5.37. The lowest BCUT2D eigenvalue weighted by Gasteiger charge is -2.27. The lowest BCUT2D eigenvalue weighted by atomic mass is 9.86. The molecule has 0 radical (unpaired) electrons. The molecule has 1 aromatic rings. The molecule has 0 aromatic heterocycles. The van der Waals surface area contributed by atoms with Gasteiger partial charge in [-0.1, -0.05) is 30.2 Å². The Morgan fingerprint density at radius 2 is 2.26 bits per heavy atom. The predicted molar refractivity (Wildman–Crippen MR) is 71.6 cm³/mol. The minimum Gasteiger partial charge on any atom is -0.481 e. The van der Waals surface area contributed by atoms with Crippen LogP contribution >= 0.6 is 11.6 Å². The standard InChI is InChI=1S/C14H17ClFNO2/c15-13-10(4-2-6-12(13)16)8-17-11-5-1-3-9(7-11)14(18)19/h2,4,6,9,11,17H,1,3,5,7-8H2,(H,18,19). The molecule has 1 aliphatic carbocycles. The predicted octanol–water partition coefficient (Wildman–Crippen LogP) is 3.21. The molecule has 0 aliphatic heterocycles. The number of carbonyl (C=O) groups is 1. The van der Waals surface area contributed by atoms with Crippen LogP contribution in [-0.4, -0.2) is 17.1 Å². The summed E-state index contributed by atoms with van der Waals surface area (Å²) in [6.45, 7) is 0.466. The fourth-order valence-electron chi connectivity index (χ4n) is 2.54. The van der Waals surface area contributed by atoms with Crippen LogP contribution in [0.4, 0.5) is 4.39 Å². The van der Waals surface area contributed by atoms with Crippen molar-refractivity contribution in [1.82, 2.24) is 5.32 Å². The Bertz CT molecular complexity index is 467. The van der Waals surface area contributed by atoms with Gasteiger partial charge in [0, 0.05) is 12.6 Å². The summed E-state index contributed by atoms with van der Waals surface area (Å²) in [5.74, 6) is -1.42. The number of carboxylic acids is 1. The van der Waals surface area contributed by atoms with Crippen LogP contribution in [0.25, 0.3) is 0 Å². The van der Waals surface area contributed by atoms with Crippen LogP contribution in [-0.2, 0) is 11.3 Å². The number of hydrogen-bond donors (Lipinski definition) is 2. The van der Waals surface area contributed by atoms with Gasteiger partial charge in [0.05, 0.1) is 10.9 Å². The number of aliphatic carboxylic acids is 1. The molecule has 1 fully saturated rings. The van der Waals surface area contributed by atoms with Crippen LogP contribution in [0.2, 0.25) is 5.02 Å². The number of benzene rings is 1. The van der Waals surface area contributed by atoms with E-state index in [-0.39, 0.29) is 17.0 Å². The average Bonchev–Trinajstić information content (AvgIpc) is 2.41. The second-order valence-electron chi connectivity index (χ2n) is 4.99. The molecule has 19 heavy (non-hydrogen) atoms. The number of halogens is 2. The van der Waals surface area contributed by atoms with E-state index in [9.17, 15) is 9.18 Å². The van der Waals surface area contributed by atoms with Gasteiger partial charge in [-0.15, -0.1) is 0 Å². The van der Waals surface area contributed by atoms with E-state index in [2.05, 4.69) is 5.32 Å². The zero-order valence-corrected chi connectivity index (χ0v) is 11.3. The number of hydrogen-bond acceptors (Lipinski definition) is 2. The maximum Gasteiger partial charge on any atom is 0.306 e. The highest BCUT2D eigenvalue weighted by Crippen LogP contribution is 2.25. The minimum atomic E-state index is -0.727. The van der Waals surface area contributed by atoms with Gasteiger partial charge < -0.3 is 10.4 Å². The summed E-state index contributed by atoms with van der Waals surface area (Å²) in [4.78, 5) is 11.0. The highest BCUT2D eigenvalue weighted by molar-refractivity contribution is 6.31. The third kappa shape index (κ3) is 3.67. The van der Waals surface area contributed by atoms with Crippen LogP contribution in [0.3, 0.4) is 0 Å². The molecule has 1 saturated carbocycles. The number of nitrogens with one attached hydrogen (secondary N) is 1. The molecule has 2 atom stereocenters. The van der Waals surface area contributed by atoms with Crippen LogP contribution in [0.5, 0.6) is 0 Å². The van der Waals surface area contributed by atoms with E-state index < -0.39 is 11.8 Å². The zero-order chi connectivity index (χ0) is 13.8. The van der Waals surface area contributed by atoms with E-state index in [1.54, 1.807) is 12.1 Å². The van der Waals surface area contributed by atoms with Gasteiger partial charge in [0.1, 0.15) is 5.82 Å². The molecule has 1 aromatic carbocycles. The van der Waals surface area contributed by atoms with E-state index in [0.29, 0.717) is 18.5 Å². The van der Waals surface area contributed by atoms with Crippen molar-refractivity contribution in [3.63, 3.8) is 0 Å². The van der Waals surface area contributed by atoms with Crippen molar-refractivity contribution in [1.29, 1.82) is 0 Å². The van der Waals surface area contributed by atoms with Crippen LogP contribution < -0.4 is 5.32 Å². The van der Waals surface area contributed by atoms with Gasteiger partial charge in [-0.25, -0.2) is 4.39 Å². The largest absolute Gasteiger partial charge is 0.481 e. The summed E-state index contributed by atoms with van der Waals surface area (Å²) in [7, 11) is 0. The molecule has 3 nitrogen and oxygen atoms in total. The van der Waals surface area contributed by atoms with E-state index in [1.807, 2.05) is 0 Å². The van der Waals surface area contributed by atoms with E-state index in [4.69, 9.17) is 16.7 Å². The maximum absolute atomic E-state index is 13.3. The molecule has 1 aliphatic rings. The highest BCUT2D eigenvalue weighted by atomic mass is 35.5. The Balaban J connectivity index is 1.91. The molecule has 0 bridgehead atoms. The fourth-order valence-corrected chi connectivity index (χ4v) is 2.73. The first-order chi connectivity index (χ1) is 9.08. The monoisotopic (exact) mass is 285 g/mol. The first-order valence-electron chi connectivity index (χ1n) is 6.47. The van der Waals surface area contributed by atoms with Gasteiger partial charge in [-0.05, 0) is 30.9 Å². The SMILES string of the molecule is O=C(O)C1CCCC(NCc2cccc(F)c2Cl)C1. The van der Waals surface area contributed by atoms with Crippen LogP contribution in [0.1, 0.15) is 31.2 Å². The third-order valence-corrected chi connectivity index (χ3v) is 4.06. The van der Waals surface area contributed by atoms with Gasteiger partial charge in [0.2, 0.25) is 0 Å². The van der Waals surface area contributed by atoms with Crippen LogP contribution in [0, 0.1) is 11.7 Å². The smallest absolute Gasteiger partial charge is 0.306 e. The Labute approximate surface area is 116 Å². The molecule has 2 unspecified atom stereocenters. The maximum atomic E-state index is 13.3. The summed E-state index contributed by atoms with van der Waals surface area (Å²) < 4.78 is 13.3. The summed E-state index contributed by atoms with van der Waals surface area (Å²) >= 11 is 5.88. The third-order valence-electron chi connectivity index (χ3n) is 3.64. The molecule has 0 heterocycles. The van der Waals surface area contributed by atoms with E-state index in [0.717, 1.165) is 19.3 Å². The highest BCUT2D eigenvalue weighted by Gasteiger charge is 2.26. The molecular formula is C14H17ClFNO2. The second kappa shape index (κ2) is 6.35. The van der Waals surface area contributed by atoms with E-state index >= 15 is 0 Å². The zero-order valence-electron chi connectivity index (χ0n) is 10.5. The van der Waals surface area contributed by atoms with Crippen molar-refractivity contribution in [2.45, 2.75) is 38.3 Å². The molecule has 2 N–H and O–H groups in total. The van der Waals surface area contributed by atoms with Gasteiger partial charge >= 0.3 is 5.97 Å². The van der Waals surface area contributed by atoms with Gasteiger partial charge in [-0.3, -0.25) is 4.79 Å². The molecule has 104 valence electrons. The van der Waals surface area contributed by atoms with E-state index in [1.165, 1.54) is 6.07 Å². The van der Waals surface area contributed by atoms with Crippen LogP contribution in [0.15, 0.2) is 18.2 Å². The van der Waals surface area contributed by atoms with Crippen molar-refractivity contribution < 1.29 is 14.3 Å². The van der Waals surface area contributed by atoms with Crippen molar-refractivity contribution in [3.05, 3.63) is 34.6 Å². The molecule has 5 heteroatoms. The summed E-state index contributed by atoms with van der Waals surface area (Å²) in [6, 6.07) is 4.89. The number of rotatable bonds is 4. The summed E-state index contributed by atoms with van der Waals surface area (Å²) in [5.41, 5.74) is 0.708. The first kappa shape index (κ1) is 14.3. The van der Waals surface area contributed by atoms with Gasteiger partial charge in [-0.2, -0.15) is 0 Å². The van der Waals surface area contributed by atoms with Crippen molar-refractivity contribution in [2.75, 3.05) is 0 Å². The van der Waals surface area contributed by atoms with Crippen molar-refractivity contribution in [2.24, 2.45) is 5.92 Å². The topological polar surface area (TPSA) is 49.3 Å². The van der Waals surface area contributed by atoms with Crippen molar-refractivity contribution in [3.8, 4) is 0 Å². The Hall–Kier alpha value is -1.13. The Morgan fingerprint density at radius 1 is 1.47 bits per heavy atom. The normalized spacial score (nSPS) is 23.3. The summed E-state index contributed by atoms with van der Waals surface area (Å²) in [6.07, 6.45) is 3.23. The quantitative estimate of drug-likeness (QED) is 0.893. The van der Waals surface area contributed by atoms with Gasteiger partial charge in [0.15, 0.2) is 0 Å². The molecular weight excluding hydrogens is 269 g/mol. The Kier molecular flexibility index (Phi) is 4.77. The molecule has 0 saturated heterocycles. The lowest BCUT2D eigenvalue weighted by Crippen LogP contribution is -2.36. The van der Waals surface area contributed by atoms with Gasteiger partial charge in [0.25, 0.3) is 0 Å². The summed E-state index contributed by atoms with van der Waals surface area (Å²) in [5, 5.41) is 12.4. The minimum absolute atomic E-state index is 0.139. The van der Waals surface area contributed by atoms with Crippen molar-refractivity contribution >= 4 is 17.6 Å². The first-order valence-corrected chi connectivity index (χ1v) is 6.85. The molecule has 0 amide bonds. The Morgan fingerprint density at radius 3 is 3.00 bits per heavy atom. The fraction of sp³-hybridized carbons (Fsp3) is 0.500. The molecule has 0 spiro atoms. The molecule has 2 rings (SSSR count). The lowest BCUT2D eigenvalue weighted by molar-refractivity contribution is -0.143.